The molecule has 0 aliphatic carbocycles. The maximum atomic E-state index is 9.19. The van der Waals surface area contributed by atoms with Gasteiger partial charge in [-0.05, 0) is 42.7 Å². The second-order valence-electron chi connectivity index (χ2n) is 6.32. The Morgan fingerprint density at radius 2 is 1.95 bits per heavy atom. The molecule has 0 atom stereocenters. The van der Waals surface area contributed by atoms with Crippen LogP contribution in [0.1, 0.15) is 18.4 Å². The summed E-state index contributed by atoms with van der Waals surface area (Å²) in [5.41, 5.74) is 2.40. The van der Waals surface area contributed by atoms with Crippen LogP contribution in [0.2, 0.25) is 0 Å². The molecule has 4 heteroatoms. The Balaban J connectivity index is 1.55. The van der Waals surface area contributed by atoms with Crippen molar-refractivity contribution < 1.29 is 9.84 Å². The number of aromatic nitrogens is 1. The van der Waals surface area contributed by atoms with Crippen LogP contribution in [0.15, 0.2) is 30.3 Å². The van der Waals surface area contributed by atoms with Gasteiger partial charge in [0.2, 0.25) is 0 Å². The first-order valence-corrected chi connectivity index (χ1v) is 7.61. The van der Waals surface area contributed by atoms with Crippen LogP contribution in [0.5, 0.6) is 0 Å². The maximum Gasteiger partial charge on any atom is 0.129 e. The fourth-order valence-corrected chi connectivity index (χ4v) is 3.48. The lowest BCUT2D eigenvalue weighted by molar-refractivity contribution is -0.000434. The number of pyridine rings is 1. The molecule has 2 aromatic rings. The van der Waals surface area contributed by atoms with Crippen LogP contribution >= 0.6 is 0 Å². The summed E-state index contributed by atoms with van der Waals surface area (Å²) in [5, 5.41) is 10.3. The van der Waals surface area contributed by atoms with Crippen LogP contribution < -0.4 is 4.90 Å². The van der Waals surface area contributed by atoms with Gasteiger partial charge >= 0.3 is 0 Å². The lowest BCUT2D eigenvalue weighted by atomic mass is 9.73. The number of rotatable bonds is 2. The Morgan fingerprint density at radius 1 is 1.14 bits per heavy atom. The summed E-state index contributed by atoms with van der Waals surface area (Å²) in [5.74, 6) is 1.07. The molecule has 1 aromatic heterocycles. The van der Waals surface area contributed by atoms with E-state index in [2.05, 4.69) is 17.0 Å². The maximum absolute atomic E-state index is 9.19. The van der Waals surface area contributed by atoms with Crippen molar-refractivity contribution >= 4 is 16.7 Å². The molecule has 1 aromatic carbocycles. The first-order valence-electron chi connectivity index (χ1n) is 7.61. The quantitative estimate of drug-likeness (QED) is 0.919. The van der Waals surface area contributed by atoms with Crippen molar-refractivity contribution in [3.05, 3.63) is 35.9 Å². The number of ether oxygens (including phenoxy) is 1. The number of aliphatic hydroxyl groups excluding tert-OH is 1. The third-order valence-corrected chi connectivity index (χ3v) is 4.85. The van der Waals surface area contributed by atoms with E-state index in [0.29, 0.717) is 5.41 Å². The number of nitrogens with zero attached hydrogens (tertiary/aromatic N) is 2. The van der Waals surface area contributed by atoms with Gasteiger partial charge in [0.1, 0.15) is 5.82 Å². The molecular weight excluding hydrogens is 264 g/mol. The first-order chi connectivity index (χ1) is 10.3. The summed E-state index contributed by atoms with van der Waals surface area (Å²) in [6, 6.07) is 10.1. The normalized spacial score (nSPS) is 20.7. The number of fused-ring (bicyclic) bond motifs is 1. The Labute approximate surface area is 124 Å². The van der Waals surface area contributed by atoms with Crippen LogP contribution in [-0.2, 0) is 11.3 Å². The van der Waals surface area contributed by atoms with Crippen molar-refractivity contribution in [2.45, 2.75) is 19.4 Å². The number of aliphatic hydroxyl groups is 1. The molecule has 4 nitrogen and oxygen atoms in total. The SMILES string of the molecule is OCc1ccc2nc(N3CC4(CCOCC4)C3)ccc2c1. The van der Waals surface area contributed by atoms with Crippen molar-refractivity contribution in [2.24, 2.45) is 5.41 Å². The standard InChI is InChI=1S/C17H20N2O2/c20-10-13-1-3-15-14(9-13)2-4-16(18-15)19-11-17(12-19)5-7-21-8-6-17/h1-4,9,20H,5-8,10-12H2. The van der Waals surface area contributed by atoms with Crippen LogP contribution in [0.25, 0.3) is 10.9 Å². The fraction of sp³-hybridized carbons (Fsp3) is 0.471. The molecule has 0 unspecified atom stereocenters. The first kappa shape index (κ1) is 13.0. The van der Waals surface area contributed by atoms with Crippen LogP contribution in [0.3, 0.4) is 0 Å². The summed E-state index contributed by atoms with van der Waals surface area (Å²) < 4.78 is 5.47. The molecule has 21 heavy (non-hydrogen) atoms. The average molecular weight is 284 g/mol. The van der Waals surface area contributed by atoms with E-state index in [9.17, 15) is 5.11 Å². The highest BCUT2D eigenvalue weighted by molar-refractivity contribution is 5.81. The molecule has 110 valence electrons. The zero-order valence-corrected chi connectivity index (χ0v) is 12.1. The zero-order chi connectivity index (χ0) is 14.3. The highest BCUT2D eigenvalue weighted by Gasteiger charge is 2.44. The number of benzene rings is 1. The number of anilines is 1. The van der Waals surface area contributed by atoms with Gasteiger partial charge in [-0.15, -0.1) is 0 Å². The fourth-order valence-electron chi connectivity index (χ4n) is 3.48. The molecule has 2 saturated heterocycles. The van der Waals surface area contributed by atoms with Gasteiger partial charge in [0.05, 0.1) is 12.1 Å². The van der Waals surface area contributed by atoms with Gasteiger partial charge < -0.3 is 14.7 Å². The number of hydrogen-bond acceptors (Lipinski definition) is 4. The predicted molar refractivity (Wildman–Crippen MR) is 82.4 cm³/mol. The van der Waals surface area contributed by atoms with Crippen molar-refractivity contribution in [3.8, 4) is 0 Å². The van der Waals surface area contributed by atoms with Crippen LogP contribution in [0.4, 0.5) is 5.82 Å². The van der Waals surface area contributed by atoms with E-state index >= 15 is 0 Å². The van der Waals surface area contributed by atoms with Crippen molar-refractivity contribution in [2.75, 3.05) is 31.2 Å². The van der Waals surface area contributed by atoms with Gasteiger partial charge in [-0.3, -0.25) is 0 Å². The van der Waals surface area contributed by atoms with Crippen LogP contribution in [0, 0.1) is 5.41 Å². The number of hydrogen-bond donors (Lipinski definition) is 1. The predicted octanol–water partition coefficient (Wildman–Crippen LogP) is 2.34. The lowest BCUT2D eigenvalue weighted by Crippen LogP contribution is -2.58. The molecule has 1 spiro atoms. The van der Waals surface area contributed by atoms with Crippen molar-refractivity contribution in [1.29, 1.82) is 0 Å². The lowest BCUT2D eigenvalue weighted by Gasteiger charge is -2.52. The Hall–Kier alpha value is -1.65. The molecule has 1 N–H and O–H groups in total. The third-order valence-electron chi connectivity index (χ3n) is 4.85. The summed E-state index contributed by atoms with van der Waals surface area (Å²) in [4.78, 5) is 7.13. The Morgan fingerprint density at radius 3 is 2.71 bits per heavy atom. The van der Waals surface area contributed by atoms with Crippen LogP contribution in [-0.4, -0.2) is 36.4 Å². The highest BCUT2D eigenvalue weighted by atomic mass is 16.5. The van der Waals surface area contributed by atoms with Gasteiger partial charge in [-0.25, -0.2) is 4.98 Å². The van der Waals surface area contributed by atoms with E-state index in [4.69, 9.17) is 9.72 Å². The summed E-state index contributed by atoms with van der Waals surface area (Å²) in [6.07, 6.45) is 2.36. The molecule has 0 bridgehead atoms. The minimum Gasteiger partial charge on any atom is -0.392 e. The van der Waals surface area contributed by atoms with E-state index in [0.717, 1.165) is 48.6 Å². The smallest absolute Gasteiger partial charge is 0.129 e. The zero-order valence-electron chi connectivity index (χ0n) is 12.1. The van der Waals surface area contributed by atoms with Gasteiger partial charge in [0.15, 0.2) is 0 Å². The molecule has 0 amide bonds. The van der Waals surface area contributed by atoms with Gasteiger partial charge in [-0.1, -0.05) is 6.07 Å². The highest BCUT2D eigenvalue weighted by Crippen LogP contribution is 2.41. The molecule has 0 saturated carbocycles. The van der Waals surface area contributed by atoms with Crippen molar-refractivity contribution in [3.63, 3.8) is 0 Å². The van der Waals surface area contributed by atoms with E-state index in [1.807, 2.05) is 18.2 Å². The van der Waals surface area contributed by atoms with E-state index < -0.39 is 0 Å². The summed E-state index contributed by atoms with van der Waals surface area (Å²) in [6.45, 7) is 4.09. The minimum atomic E-state index is 0.0778. The summed E-state index contributed by atoms with van der Waals surface area (Å²) >= 11 is 0. The molecular formula is C17H20N2O2. The van der Waals surface area contributed by atoms with Crippen molar-refractivity contribution in [1.82, 2.24) is 4.98 Å². The second kappa shape index (κ2) is 4.97. The molecule has 2 aliphatic rings. The Bertz CT molecular complexity index is 657. The van der Waals surface area contributed by atoms with Gasteiger partial charge in [0.25, 0.3) is 0 Å². The average Bonchev–Trinajstić information content (AvgIpc) is 2.52. The molecule has 2 aliphatic heterocycles. The third kappa shape index (κ3) is 2.28. The Kier molecular flexibility index (Phi) is 3.08. The van der Waals surface area contributed by atoms with E-state index in [1.54, 1.807) is 0 Å². The molecule has 3 heterocycles. The molecule has 0 radical (unpaired) electrons. The molecule has 4 rings (SSSR count). The monoisotopic (exact) mass is 284 g/mol. The second-order valence-corrected chi connectivity index (χ2v) is 6.32. The minimum absolute atomic E-state index is 0.0778. The summed E-state index contributed by atoms with van der Waals surface area (Å²) in [7, 11) is 0. The largest absolute Gasteiger partial charge is 0.392 e. The molecule has 2 fully saturated rings. The van der Waals surface area contributed by atoms with Gasteiger partial charge in [0, 0.05) is 37.1 Å². The van der Waals surface area contributed by atoms with E-state index in [1.165, 1.54) is 12.8 Å². The topological polar surface area (TPSA) is 45.6 Å². The van der Waals surface area contributed by atoms with Gasteiger partial charge in [-0.2, -0.15) is 0 Å². The van der Waals surface area contributed by atoms with E-state index in [-0.39, 0.29) is 6.61 Å².